The lowest BCUT2D eigenvalue weighted by atomic mass is 10.1. The molecule has 1 aromatic rings. The molecule has 152 valence electrons. The van der Waals surface area contributed by atoms with Gasteiger partial charge in [-0.05, 0) is 17.7 Å². The summed E-state index contributed by atoms with van der Waals surface area (Å²) in [5.74, 6) is 2.93. The summed E-state index contributed by atoms with van der Waals surface area (Å²) in [4.78, 5) is 9.06. The largest absolute Gasteiger partial charge is 0.493 e. The minimum Gasteiger partial charge on any atom is -0.493 e. The molecule has 1 saturated heterocycles. The molecule has 0 aromatic heterocycles. The third-order valence-corrected chi connectivity index (χ3v) is 4.60. The van der Waals surface area contributed by atoms with E-state index in [1.165, 1.54) is 0 Å². The van der Waals surface area contributed by atoms with Crippen LogP contribution in [0.3, 0.4) is 0 Å². The van der Waals surface area contributed by atoms with E-state index in [0.29, 0.717) is 23.9 Å². The van der Waals surface area contributed by atoms with E-state index in [0.717, 1.165) is 50.8 Å². The Balaban J connectivity index is 1.95. The number of ether oxygens (including phenoxy) is 4. The highest BCUT2D eigenvalue weighted by Gasteiger charge is 2.21. The number of guanidine groups is 1. The molecule has 8 heteroatoms. The Labute approximate surface area is 162 Å². The van der Waals surface area contributed by atoms with Crippen LogP contribution in [-0.2, 0) is 11.3 Å². The zero-order chi connectivity index (χ0) is 19.6. The molecule has 1 aromatic carbocycles. The predicted molar refractivity (Wildman–Crippen MR) is 106 cm³/mol. The molecular weight excluding hydrogens is 348 g/mol. The lowest BCUT2D eigenvalue weighted by Gasteiger charge is -2.36. The summed E-state index contributed by atoms with van der Waals surface area (Å²) in [6.07, 6.45) is 0. The number of hydrogen-bond acceptors (Lipinski definition) is 6. The van der Waals surface area contributed by atoms with Crippen molar-refractivity contribution in [2.24, 2.45) is 4.99 Å². The van der Waals surface area contributed by atoms with Crippen LogP contribution in [0.1, 0.15) is 5.56 Å². The van der Waals surface area contributed by atoms with Crippen molar-refractivity contribution in [3.8, 4) is 17.2 Å². The van der Waals surface area contributed by atoms with E-state index in [1.807, 2.05) is 19.2 Å². The van der Waals surface area contributed by atoms with Crippen molar-refractivity contribution >= 4 is 5.96 Å². The molecule has 2 rings (SSSR count). The van der Waals surface area contributed by atoms with Crippen LogP contribution in [0, 0.1) is 0 Å². The number of rotatable bonds is 8. The van der Waals surface area contributed by atoms with Gasteiger partial charge in [0.05, 0.1) is 27.9 Å². The first-order valence-corrected chi connectivity index (χ1v) is 9.12. The minimum absolute atomic E-state index is 0.625. The first-order chi connectivity index (χ1) is 13.2. The Hall–Kier alpha value is -2.19. The zero-order valence-corrected chi connectivity index (χ0v) is 17.1. The van der Waals surface area contributed by atoms with Crippen molar-refractivity contribution in [3.05, 3.63) is 17.7 Å². The average molecular weight is 380 g/mol. The molecule has 0 radical (unpaired) electrons. The van der Waals surface area contributed by atoms with Crippen LogP contribution in [-0.4, -0.2) is 90.6 Å². The second kappa shape index (κ2) is 10.8. The van der Waals surface area contributed by atoms with Crippen molar-refractivity contribution in [3.63, 3.8) is 0 Å². The molecule has 1 fully saturated rings. The summed E-state index contributed by atoms with van der Waals surface area (Å²) >= 11 is 0. The highest BCUT2D eigenvalue weighted by Crippen LogP contribution is 2.38. The van der Waals surface area contributed by atoms with Crippen molar-refractivity contribution in [2.75, 3.05) is 74.8 Å². The molecule has 27 heavy (non-hydrogen) atoms. The number of benzene rings is 1. The van der Waals surface area contributed by atoms with E-state index in [1.54, 1.807) is 28.4 Å². The quantitative estimate of drug-likeness (QED) is 0.411. The minimum atomic E-state index is 0.625. The maximum atomic E-state index is 5.45. The van der Waals surface area contributed by atoms with E-state index < -0.39 is 0 Å². The van der Waals surface area contributed by atoms with Gasteiger partial charge in [-0.3, -0.25) is 9.89 Å². The second-order valence-electron chi connectivity index (χ2n) is 6.26. The Bertz CT molecular complexity index is 591. The van der Waals surface area contributed by atoms with E-state index in [-0.39, 0.29) is 0 Å². The van der Waals surface area contributed by atoms with Gasteiger partial charge in [-0.2, -0.15) is 0 Å². The van der Waals surface area contributed by atoms with Gasteiger partial charge < -0.3 is 29.2 Å². The standard InChI is InChI=1S/C19H32N4O4/c1-20-19(21-6-11-24-2)23-9-7-22(8-10-23)14-15-12-16(25-3)18(27-5)17(13-15)26-4/h12-13H,6-11,14H2,1-5H3,(H,20,21). The van der Waals surface area contributed by atoms with Gasteiger partial charge in [0.1, 0.15) is 0 Å². The number of piperazine rings is 1. The highest BCUT2D eigenvalue weighted by atomic mass is 16.5. The summed E-state index contributed by atoms with van der Waals surface area (Å²) < 4.78 is 21.4. The Kier molecular flexibility index (Phi) is 8.47. The molecule has 0 unspecified atom stereocenters. The summed E-state index contributed by atoms with van der Waals surface area (Å²) in [6, 6.07) is 4.03. The number of aliphatic imine (C=N–C) groups is 1. The fraction of sp³-hybridized carbons (Fsp3) is 0.632. The Morgan fingerprint density at radius 2 is 1.63 bits per heavy atom. The van der Waals surface area contributed by atoms with Gasteiger partial charge in [0.15, 0.2) is 17.5 Å². The van der Waals surface area contributed by atoms with Gasteiger partial charge in [-0.25, -0.2) is 0 Å². The number of hydrogen-bond donors (Lipinski definition) is 1. The molecule has 0 saturated carbocycles. The fourth-order valence-electron chi connectivity index (χ4n) is 3.20. The van der Waals surface area contributed by atoms with Crippen molar-refractivity contribution in [1.82, 2.24) is 15.1 Å². The van der Waals surface area contributed by atoms with Crippen LogP contribution in [0.25, 0.3) is 0 Å². The van der Waals surface area contributed by atoms with E-state index in [2.05, 4.69) is 20.1 Å². The summed E-state index contributed by atoms with van der Waals surface area (Å²) in [6.45, 7) is 6.03. The first-order valence-electron chi connectivity index (χ1n) is 9.12. The number of nitrogens with one attached hydrogen (secondary N) is 1. The molecule has 8 nitrogen and oxygen atoms in total. The molecule has 0 bridgehead atoms. The number of methoxy groups -OCH3 is 4. The van der Waals surface area contributed by atoms with Gasteiger partial charge in [0.25, 0.3) is 0 Å². The lowest BCUT2D eigenvalue weighted by molar-refractivity contribution is 0.169. The molecular formula is C19H32N4O4. The third kappa shape index (κ3) is 5.64. The lowest BCUT2D eigenvalue weighted by Crippen LogP contribution is -2.52. The van der Waals surface area contributed by atoms with E-state index in [9.17, 15) is 0 Å². The maximum Gasteiger partial charge on any atom is 0.203 e. The monoisotopic (exact) mass is 380 g/mol. The van der Waals surface area contributed by atoms with Crippen molar-refractivity contribution in [1.29, 1.82) is 0 Å². The van der Waals surface area contributed by atoms with Gasteiger partial charge in [-0.15, -0.1) is 0 Å². The maximum absolute atomic E-state index is 5.45. The van der Waals surface area contributed by atoms with Crippen LogP contribution in [0.4, 0.5) is 0 Å². The van der Waals surface area contributed by atoms with Crippen molar-refractivity contribution < 1.29 is 18.9 Å². The Morgan fingerprint density at radius 1 is 1.00 bits per heavy atom. The normalized spacial score (nSPS) is 15.6. The SMILES string of the molecule is CN=C(NCCOC)N1CCN(Cc2cc(OC)c(OC)c(OC)c2)CC1. The first kappa shape index (κ1) is 21.1. The van der Waals surface area contributed by atoms with Gasteiger partial charge in [0, 0.05) is 53.4 Å². The van der Waals surface area contributed by atoms with E-state index in [4.69, 9.17) is 18.9 Å². The highest BCUT2D eigenvalue weighted by molar-refractivity contribution is 5.80. The van der Waals surface area contributed by atoms with Gasteiger partial charge >= 0.3 is 0 Å². The van der Waals surface area contributed by atoms with Crippen molar-refractivity contribution in [2.45, 2.75) is 6.54 Å². The molecule has 1 aliphatic heterocycles. The van der Waals surface area contributed by atoms with Crippen LogP contribution in [0.5, 0.6) is 17.2 Å². The molecule has 0 amide bonds. The number of nitrogens with zero attached hydrogens (tertiary/aromatic N) is 3. The van der Waals surface area contributed by atoms with Crippen LogP contribution >= 0.6 is 0 Å². The van der Waals surface area contributed by atoms with E-state index >= 15 is 0 Å². The molecule has 1 heterocycles. The molecule has 0 atom stereocenters. The molecule has 0 aliphatic carbocycles. The topological polar surface area (TPSA) is 67.8 Å². The summed E-state index contributed by atoms with van der Waals surface area (Å²) in [5.41, 5.74) is 1.14. The predicted octanol–water partition coefficient (Wildman–Crippen LogP) is 1.05. The van der Waals surface area contributed by atoms with Crippen LogP contribution in [0.15, 0.2) is 17.1 Å². The summed E-state index contributed by atoms with van der Waals surface area (Å²) in [5, 5.41) is 3.33. The van der Waals surface area contributed by atoms with Crippen LogP contribution in [0.2, 0.25) is 0 Å². The molecule has 0 spiro atoms. The Morgan fingerprint density at radius 3 is 2.11 bits per heavy atom. The fourth-order valence-corrected chi connectivity index (χ4v) is 3.20. The smallest absolute Gasteiger partial charge is 0.203 e. The third-order valence-electron chi connectivity index (χ3n) is 4.60. The van der Waals surface area contributed by atoms with Crippen LogP contribution < -0.4 is 19.5 Å². The van der Waals surface area contributed by atoms with Gasteiger partial charge in [0.2, 0.25) is 5.75 Å². The molecule has 1 aliphatic rings. The average Bonchev–Trinajstić information content (AvgIpc) is 2.71. The zero-order valence-electron chi connectivity index (χ0n) is 17.1. The molecule has 1 N–H and O–H groups in total. The second-order valence-corrected chi connectivity index (χ2v) is 6.26. The van der Waals surface area contributed by atoms with Gasteiger partial charge in [-0.1, -0.05) is 0 Å². The summed E-state index contributed by atoms with van der Waals surface area (Å²) in [7, 11) is 8.42.